The molecule has 0 radical (unpaired) electrons. The maximum absolute atomic E-state index is 13.0. The number of carbonyl (C=O) groups is 1. The van der Waals surface area contributed by atoms with E-state index in [0.29, 0.717) is 29.5 Å². The van der Waals surface area contributed by atoms with Crippen LogP contribution in [0.3, 0.4) is 0 Å². The molecule has 106 valence electrons. The minimum Gasteiger partial charge on any atom is -0.291 e. The molecule has 0 unspecified atom stereocenters. The second kappa shape index (κ2) is 5.66. The molecule has 21 heavy (non-hydrogen) atoms. The summed E-state index contributed by atoms with van der Waals surface area (Å²) >= 11 is 5.98. The molecule has 1 amide bonds. The highest BCUT2D eigenvalue weighted by atomic mass is 35.5. The molecule has 0 aliphatic carbocycles. The highest BCUT2D eigenvalue weighted by molar-refractivity contribution is 6.31. The summed E-state index contributed by atoms with van der Waals surface area (Å²) in [5.41, 5.74) is 1.24. The monoisotopic (exact) mass is 302 g/mol. The lowest BCUT2D eigenvalue weighted by molar-refractivity contribution is 0.0858. The van der Waals surface area contributed by atoms with Crippen molar-refractivity contribution in [1.82, 2.24) is 4.90 Å². The second-order valence-corrected chi connectivity index (χ2v) is 5.12. The second-order valence-electron chi connectivity index (χ2n) is 4.68. The standard InChI is InChI=1S/C16H12ClFN2O/c17-13-3-1-2-12(10-13)15-19-8-9-20(15)16(21)11-4-6-14(18)7-5-11/h1-7,10H,8-9H2. The van der Waals surface area contributed by atoms with Crippen LogP contribution in [0, 0.1) is 5.82 Å². The molecule has 1 heterocycles. The van der Waals surface area contributed by atoms with Gasteiger partial charge in [-0.05, 0) is 36.4 Å². The quantitative estimate of drug-likeness (QED) is 0.837. The minimum atomic E-state index is -0.364. The fourth-order valence-corrected chi connectivity index (χ4v) is 2.46. The van der Waals surface area contributed by atoms with Crippen LogP contribution >= 0.6 is 11.6 Å². The molecule has 0 spiro atoms. The van der Waals surface area contributed by atoms with Crippen LogP contribution in [-0.2, 0) is 0 Å². The lowest BCUT2D eigenvalue weighted by Gasteiger charge is -2.18. The summed E-state index contributed by atoms with van der Waals surface area (Å²) in [6.07, 6.45) is 0. The van der Waals surface area contributed by atoms with Gasteiger partial charge in [-0.25, -0.2) is 4.39 Å². The van der Waals surface area contributed by atoms with E-state index in [0.717, 1.165) is 5.56 Å². The number of amidine groups is 1. The number of nitrogens with zero attached hydrogens (tertiary/aromatic N) is 2. The van der Waals surface area contributed by atoms with Crippen molar-refractivity contribution in [3.05, 3.63) is 70.5 Å². The number of halogens is 2. The van der Waals surface area contributed by atoms with Crippen molar-refractivity contribution in [2.24, 2.45) is 4.99 Å². The summed E-state index contributed by atoms with van der Waals surface area (Å²) in [6.45, 7) is 1.06. The van der Waals surface area contributed by atoms with Gasteiger partial charge in [0.2, 0.25) is 0 Å². The van der Waals surface area contributed by atoms with Crippen LogP contribution in [0.4, 0.5) is 4.39 Å². The minimum absolute atomic E-state index is 0.189. The number of hydrogen-bond acceptors (Lipinski definition) is 2. The molecule has 0 fully saturated rings. The predicted molar refractivity (Wildman–Crippen MR) is 80.3 cm³/mol. The van der Waals surface area contributed by atoms with Crippen LogP contribution in [0.25, 0.3) is 0 Å². The Morgan fingerprint density at radius 2 is 1.95 bits per heavy atom. The molecule has 0 atom stereocenters. The zero-order chi connectivity index (χ0) is 14.8. The van der Waals surface area contributed by atoms with E-state index in [2.05, 4.69) is 4.99 Å². The normalized spacial score (nSPS) is 14.2. The van der Waals surface area contributed by atoms with E-state index < -0.39 is 0 Å². The first kappa shape index (κ1) is 13.8. The number of carbonyl (C=O) groups excluding carboxylic acids is 1. The van der Waals surface area contributed by atoms with Gasteiger partial charge in [-0.2, -0.15) is 0 Å². The summed E-state index contributed by atoms with van der Waals surface area (Å²) < 4.78 is 13.0. The third kappa shape index (κ3) is 2.81. The van der Waals surface area contributed by atoms with Crippen molar-refractivity contribution in [2.45, 2.75) is 0 Å². The largest absolute Gasteiger partial charge is 0.291 e. The number of hydrogen-bond donors (Lipinski definition) is 0. The first-order chi connectivity index (χ1) is 10.1. The average Bonchev–Trinajstić information content (AvgIpc) is 2.97. The first-order valence-electron chi connectivity index (χ1n) is 6.53. The Hall–Kier alpha value is -2.20. The Kier molecular flexibility index (Phi) is 3.71. The summed E-state index contributed by atoms with van der Waals surface area (Å²) in [6, 6.07) is 12.7. The average molecular weight is 303 g/mol. The number of aliphatic imine (C=N–C) groups is 1. The van der Waals surface area contributed by atoms with Crippen molar-refractivity contribution < 1.29 is 9.18 Å². The Bertz CT molecular complexity index is 712. The van der Waals surface area contributed by atoms with Crippen LogP contribution in [0.1, 0.15) is 15.9 Å². The smallest absolute Gasteiger partial charge is 0.259 e. The molecule has 2 aromatic carbocycles. The van der Waals surface area contributed by atoms with Crippen LogP contribution in [0.5, 0.6) is 0 Å². The molecule has 0 saturated carbocycles. The van der Waals surface area contributed by atoms with Gasteiger partial charge in [-0.3, -0.25) is 14.7 Å². The lowest BCUT2D eigenvalue weighted by Crippen LogP contribution is -2.34. The van der Waals surface area contributed by atoms with Crippen LogP contribution in [0.15, 0.2) is 53.5 Å². The third-order valence-electron chi connectivity index (χ3n) is 3.26. The fourth-order valence-electron chi connectivity index (χ4n) is 2.27. The highest BCUT2D eigenvalue weighted by Gasteiger charge is 2.25. The summed E-state index contributed by atoms with van der Waals surface area (Å²) in [4.78, 5) is 18.5. The molecule has 3 rings (SSSR count). The van der Waals surface area contributed by atoms with Gasteiger partial charge >= 0.3 is 0 Å². The van der Waals surface area contributed by atoms with E-state index >= 15 is 0 Å². The van der Waals surface area contributed by atoms with E-state index in [-0.39, 0.29) is 11.7 Å². The maximum Gasteiger partial charge on any atom is 0.259 e. The van der Waals surface area contributed by atoms with Gasteiger partial charge in [0.1, 0.15) is 11.7 Å². The lowest BCUT2D eigenvalue weighted by atomic mass is 10.1. The van der Waals surface area contributed by atoms with Crippen LogP contribution in [0.2, 0.25) is 5.02 Å². The van der Waals surface area contributed by atoms with Crippen molar-refractivity contribution in [3.8, 4) is 0 Å². The molecule has 3 nitrogen and oxygen atoms in total. The van der Waals surface area contributed by atoms with E-state index in [1.54, 1.807) is 17.0 Å². The molecular formula is C16H12ClFN2O. The van der Waals surface area contributed by atoms with E-state index in [4.69, 9.17) is 11.6 Å². The summed E-state index contributed by atoms with van der Waals surface area (Å²) in [5, 5.41) is 0.594. The highest BCUT2D eigenvalue weighted by Crippen LogP contribution is 2.18. The molecule has 1 aliphatic rings. The zero-order valence-electron chi connectivity index (χ0n) is 11.1. The maximum atomic E-state index is 13.0. The number of benzene rings is 2. The van der Waals surface area contributed by atoms with Gasteiger partial charge in [-0.15, -0.1) is 0 Å². The summed E-state index contributed by atoms with van der Waals surface area (Å²) in [5.74, 6) is 0.0507. The molecule has 2 aromatic rings. The van der Waals surface area contributed by atoms with Crippen LogP contribution < -0.4 is 0 Å². The van der Waals surface area contributed by atoms with Gasteiger partial charge < -0.3 is 0 Å². The fraction of sp³-hybridized carbons (Fsp3) is 0.125. The van der Waals surface area contributed by atoms with E-state index in [1.165, 1.54) is 24.3 Å². The SMILES string of the molecule is O=C(c1ccc(F)cc1)N1CCN=C1c1cccc(Cl)c1. The molecule has 5 heteroatoms. The third-order valence-corrected chi connectivity index (χ3v) is 3.50. The Morgan fingerprint density at radius 1 is 1.19 bits per heavy atom. The van der Waals surface area contributed by atoms with Gasteiger partial charge in [0.15, 0.2) is 0 Å². The number of rotatable bonds is 2. The van der Waals surface area contributed by atoms with Crippen LogP contribution in [-0.4, -0.2) is 29.7 Å². The zero-order valence-corrected chi connectivity index (χ0v) is 11.8. The first-order valence-corrected chi connectivity index (χ1v) is 6.91. The van der Waals surface area contributed by atoms with Crippen molar-refractivity contribution in [3.63, 3.8) is 0 Å². The predicted octanol–water partition coefficient (Wildman–Crippen LogP) is 3.38. The molecule has 0 N–H and O–H groups in total. The Balaban J connectivity index is 1.90. The number of amides is 1. The Morgan fingerprint density at radius 3 is 2.67 bits per heavy atom. The van der Waals surface area contributed by atoms with Crippen molar-refractivity contribution in [1.29, 1.82) is 0 Å². The molecule has 0 aromatic heterocycles. The Labute approximate surface area is 126 Å². The summed E-state index contributed by atoms with van der Waals surface area (Å²) in [7, 11) is 0. The van der Waals surface area contributed by atoms with Crippen molar-refractivity contribution >= 4 is 23.3 Å². The van der Waals surface area contributed by atoms with E-state index in [9.17, 15) is 9.18 Å². The van der Waals surface area contributed by atoms with Gasteiger partial charge in [-0.1, -0.05) is 23.7 Å². The topological polar surface area (TPSA) is 32.7 Å². The van der Waals surface area contributed by atoms with E-state index in [1.807, 2.05) is 12.1 Å². The van der Waals surface area contributed by atoms with Gasteiger partial charge in [0.05, 0.1) is 6.54 Å². The molecule has 0 bridgehead atoms. The van der Waals surface area contributed by atoms with Gasteiger partial charge in [0.25, 0.3) is 5.91 Å². The van der Waals surface area contributed by atoms with Crippen molar-refractivity contribution in [2.75, 3.05) is 13.1 Å². The molecular weight excluding hydrogens is 291 g/mol. The van der Waals surface area contributed by atoms with Gasteiger partial charge in [0, 0.05) is 22.7 Å². The molecule has 1 aliphatic heterocycles. The molecule has 0 saturated heterocycles.